The van der Waals surface area contributed by atoms with Crippen molar-refractivity contribution in [2.45, 2.75) is 9.96 Å². The summed E-state index contributed by atoms with van der Waals surface area (Å²) in [5.74, 6) is 1.51. The van der Waals surface area contributed by atoms with E-state index >= 15 is 0 Å². The van der Waals surface area contributed by atoms with Crippen molar-refractivity contribution in [3.05, 3.63) is 41.3 Å². The Labute approximate surface area is 115 Å². The Kier molecular flexibility index (Phi) is 4.71. The third-order valence-electron chi connectivity index (χ3n) is 2.47. The molecule has 18 heavy (non-hydrogen) atoms. The van der Waals surface area contributed by atoms with Crippen molar-refractivity contribution in [1.29, 1.82) is 0 Å². The Morgan fingerprint density at radius 2 is 2.17 bits per heavy atom. The predicted molar refractivity (Wildman–Crippen MR) is 76.7 cm³/mol. The van der Waals surface area contributed by atoms with Crippen LogP contribution in [0.1, 0.15) is 5.56 Å². The number of rotatable bonds is 5. The van der Waals surface area contributed by atoms with Gasteiger partial charge in [-0.25, -0.2) is 0 Å². The highest BCUT2D eigenvalue weighted by molar-refractivity contribution is 8.00. The first-order valence-corrected chi connectivity index (χ1v) is 7.26. The van der Waals surface area contributed by atoms with E-state index in [1.807, 2.05) is 11.4 Å². The molecule has 0 amide bonds. The maximum atomic E-state index is 9.17. The van der Waals surface area contributed by atoms with Crippen molar-refractivity contribution in [2.75, 3.05) is 7.11 Å². The van der Waals surface area contributed by atoms with Crippen molar-refractivity contribution in [2.24, 2.45) is 0 Å². The zero-order valence-electron chi connectivity index (χ0n) is 9.87. The average molecular weight is 280 g/mol. The van der Waals surface area contributed by atoms with Crippen LogP contribution in [0.4, 0.5) is 0 Å². The largest absolute Gasteiger partial charge is 0.496 e. The highest BCUT2D eigenvalue weighted by Gasteiger charge is 2.14. The Morgan fingerprint density at radius 1 is 1.33 bits per heavy atom. The number of methoxy groups -OCH3 is 1. The van der Waals surface area contributed by atoms with Crippen LogP contribution in [0.25, 0.3) is 0 Å². The predicted octanol–water partition coefficient (Wildman–Crippen LogP) is 1.73. The van der Waals surface area contributed by atoms with Gasteiger partial charge in [-0.05, 0) is 23.0 Å². The van der Waals surface area contributed by atoms with Crippen LogP contribution in [0.15, 0.2) is 39.9 Å². The van der Waals surface area contributed by atoms with E-state index < -0.39 is 7.12 Å². The van der Waals surface area contributed by atoms with Crippen LogP contribution in [0.5, 0.6) is 5.75 Å². The zero-order valence-corrected chi connectivity index (χ0v) is 11.5. The minimum absolute atomic E-state index is 0.484. The maximum absolute atomic E-state index is 9.17. The lowest BCUT2D eigenvalue weighted by molar-refractivity contribution is 0.410. The maximum Gasteiger partial charge on any atom is 0.488 e. The molecule has 6 heteroatoms. The van der Waals surface area contributed by atoms with Gasteiger partial charge < -0.3 is 14.8 Å². The molecule has 0 aliphatic carbocycles. The molecule has 94 valence electrons. The summed E-state index contributed by atoms with van der Waals surface area (Å²) in [6, 6.07) is 9.26. The van der Waals surface area contributed by atoms with E-state index in [2.05, 4.69) is 6.07 Å². The number of hydrogen-bond acceptors (Lipinski definition) is 5. The number of hydrogen-bond donors (Lipinski definition) is 2. The van der Waals surface area contributed by atoms with Gasteiger partial charge >= 0.3 is 7.12 Å². The summed E-state index contributed by atoms with van der Waals surface area (Å²) in [5.41, 5.74) is 1.44. The molecule has 2 aromatic rings. The van der Waals surface area contributed by atoms with Gasteiger partial charge in [0.1, 0.15) is 5.75 Å². The van der Waals surface area contributed by atoms with Crippen LogP contribution in [0.2, 0.25) is 0 Å². The van der Waals surface area contributed by atoms with Gasteiger partial charge in [-0.3, -0.25) is 0 Å². The molecule has 0 fully saturated rings. The molecule has 3 nitrogen and oxygen atoms in total. The molecule has 0 saturated heterocycles. The second kappa shape index (κ2) is 6.29. The Bertz CT molecular complexity index is 500. The van der Waals surface area contributed by atoms with E-state index in [9.17, 15) is 10.0 Å². The molecule has 2 rings (SSSR count). The summed E-state index contributed by atoms with van der Waals surface area (Å²) in [5, 5.41) is 20.4. The standard InChI is InChI=1S/C12H13BO3S2/c1-16-11-5-4-10(13(14)15)7-9(11)8-18-12-3-2-6-17-12/h2-7,14-15H,8H2,1H3. The topological polar surface area (TPSA) is 49.7 Å². The summed E-state index contributed by atoms with van der Waals surface area (Å²) >= 11 is 3.39. The number of thiophene rings is 1. The average Bonchev–Trinajstić information content (AvgIpc) is 2.89. The van der Waals surface area contributed by atoms with E-state index in [0.717, 1.165) is 17.1 Å². The van der Waals surface area contributed by atoms with Crippen LogP contribution >= 0.6 is 23.1 Å². The Morgan fingerprint density at radius 3 is 2.78 bits per heavy atom. The quantitative estimate of drug-likeness (QED) is 0.647. The van der Waals surface area contributed by atoms with Crippen LogP contribution in [-0.2, 0) is 5.75 Å². The number of ether oxygens (including phenoxy) is 1. The van der Waals surface area contributed by atoms with E-state index in [1.54, 1.807) is 48.4 Å². The second-order valence-electron chi connectivity index (χ2n) is 3.67. The molecule has 0 bridgehead atoms. The van der Waals surface area contributed by atoms with Gasteiger partial charge in [0, 0.05) is 11.3 Å². The lowest BCUT2D eigenvalue weighted by Gasteiger charge is -2.10. The molecule has 1 heterocycles. The molecule has 0 saturated carbocycles. The minimum Gasteiger partial charge on any atom is -0.496 e. The van der Waals surface area contributed by atoms with Gasteiger partial charge in [-0.2, -0.15) is 0 Å². The van der Waals surface area contributed by atoms with Gasteiger partial charge in [-0.15, -0.1) is 23.1 Å². The molecule has 0 spiro atoms. The minimum atomic E-state index is -1.44. The fraction of sp³-hybridized carbons (Fsp3) is 0.167. The van der Waals surface area contributed by atoms with E-state index in [-0.39, 0.29) is 0 Å². The first-order chi connectivity index (χ1) is 8.70. The van der Waals surface area contributed by atoms with Crippen molar-refractivity contribution in [3.63, 3.8) is 0 Å². The first kappa shape index (κ1) is 13.5. The van der Waals surface area contributed by atoms with E-state index in [1.165, 1.54) is 4.21 Å². The monoisotopic (exact) mass is 280 g/mol. The van der Waals surface area contributed by atoms with Crippen LogP contribution in [-0.4, -0.2) is 24.3 Å². The number of thioether (sulfide) groups is 1. The second-order valence-corrected chi connectivity index (χ2v) is 5.89. The molecule has 0 aliphatic heterocycles. The fourth-order valence-corrected chi connectivity index (χ4v) is 3.33. The highest BCUT2D eigenvalue weighted by atomic mass is 32.2. The summed E-state index contributed by atoms with van der Waals surface area (Å²) in [7, 11) is 0.172. The Hall–Kier alpha value is -0.945. The van der Waals surface area contributed by atoms with Crippen molar-refractivity contribution in [1.82, 2.24) is 0 Å². The fourth-order valence-electron chi connectivity index (χ4n) is 1.57. The Balaban J connectivity index is 2.16. The van der Waals surface area contributed by atoms with Crippen LogP contribution in [0, 0.1) is 0 Å². The van der Waals surface area contributed by atoms with Crippen LogP contribution < -0.4 is 10.2 Å². The highest BCUT2D eigenvalue weighted by Crippen LogP contribution is 2.30. The van der Waals surface area contributed by atoms with Gasteiger partial charge in [0.2, 0.25) is 0 Å². The summed E-state index contributed by atoms with van der Waals surface area (Å²) in [4.78, 5) is 0. The summed E-state index contributed by atoms with van der Waals surface area (Å²) < 4.78 is 6.51. The SMILES string of the molecule is COc1ccc(B(O)O)cc1CSc1cccs1. The van der Waals surface area contributed by atoms with Gasteiger partial charge in [0.25, 0.3) is 0 Å². The molecular weight excluding hydrogens is 267 g/mol. The van der Waals surface area contributed by atoms with E-state index in [0.29, 0.717) is 5.46 Å². The zero-order chi connectivity index (χ0) is 13.0. The molecule has 2 N–H and O–H groups in total. The number of benzene rings is 1. The molecule has 0 atom stereocenters. The molecular formula is C12H13BO3S2. The third-order valence-corrected chi connectivity index (χ3v) is 4.65. The normalized spacial score (nSPS) is 10.4. The van der Waals surface area contributed by atoms with Crippen molar-refractivity contribution < 1.29 is 14.8 Å². The molecule has 1 aromatic heterocycles. The van der Waals surface area contributed by atoms with Crippen molar-refractivity contribution in [3.8, 4) is 5.75 Å². The lowest BCUT2D eigenvalue weighted by Crippen LogP contribution is -2.29. The summed E-state index contributed by atoms with van der Waals surface area (Å²) in [6.07, 6.45) is 0. The molecule has 0 unspecified atom stereocenters. The van der Waals surface area contributed by atoms with E-state index in [4.69, 9.17) is 4.74 Å². The molecule has 1 aromatic carbocycles. The third kappa shape index (κ3) is 3.29. The smallest absolute Gasteiger partial charge is 0.488 e. The lowest BCUT2D eigenvalue weighted by atomic mass is 9.79. The first-order valence-electron chi connectivity index (χ1n) is 5.40. The van der Waals surface area contributed by atoms with Crippen molar-refractivity contribution >= 4 is 35.7 Å². The van der Waals surface area contributed by atoms with Gasteiger partial charge in [0.15, 0.2) is 0 Å². The van der Waals surface area contributed by atoms with Gasteiger partial charge in [0.05, 0.1) is 11.3 Å². The molecule has 0 aliphatic rings. The molecule has 0 radical (unpaired) electrons. The van der Waals surface area contributed by atoms with Crippen LogP contribution in [0.3, 0.4) is 0 Å². The summed E-state index contributed by atoms with van der Waals surface area (Å²) in [6.45, 7) is 0. The van der Waals surface area contributed by atoms with Gasteiger partial charge in [-0.1, -0.05) is 18.2 Å².